The van der Waals surface area contributed by atoms with E-state index in [4.69, 9.17) is 4.74 Å². The second-order valence-electron chi connectivity index (χ2n) is 7.85. The van der Waals surface area contributed by atoms with Crippen LogP contribution in [0, 0.1) is 17.6 Å². The summed E-state index contributed by atoms with van der Waals surface area (Å²) in [6.45, 7) is 1.29. The van der Waals surface area contributed by atoms with E-state index in [1.807, 2.05) is 0 Å². The van der Waals surface area contributed by atoms with Crippen LogP contribution < -0.4 is 4.74 Å². The Bertz CT molecular complexity index is 726. The Morgan fingerprint density at radius 2 is 1.57 bits per heavy atom. The zero-order valence-electron chi connectivity index (χ0n) is 16.5. The lowest BCUT2D eigenvalue weighted by atomic mass is 9.77. The number of ether oxygens (including phenoxy) is 1. The van der Waals surface area contributed by atoms with Crippen molar-refractivity contribution < 1.29 is 17.9 Å². The monoisotopic (exact) mass is 390 g/mol. The first-order valence-corrected chi connectivity index (χ1v) is 10.4. The van der Waals surface area contributed by atoms with Gasteiger partial charge in [-0.2, -0.15) is 0 Å². The van der Waals surface area contributed by atoms with Crippen LogP contribution in [0.25, 0.3) is 11.1 Å². The molecule has 2 aromatic carbocycles. The van der Waals surface area contributed by atoms with Gasteiger partial charge in [-0.3, -0.25) is 0 Å². The maximum atomic E-state index is 14.8. The largest absolute Gasteiger partial charge is 0.463 e. The molecule has 0 radical (unpaired) electrons. The fraction of sp³-hybridized carbons (Fsp3) is 0.500. The third kappa shape index (κ3) is 5.09. The highest BCUT2D eigenvalue weighted by Crippen LogP contribution is 2.39. The molecule has 28 heavy (non-hydrogen) atoms. The minimum Gasteiger partial charge on any atom is -0.463 e. The van der Waals surface area contributed by atoms with E-state index in [0.29, 0.717) is 11.3 Å². The van der Waals surface area contributed by atoms with E-state index in [1.54, 1.807) is 12.1 Å². The molecule has 2 aromatic rings. The first-order valence-electron chi connectivity index (χ1n) is 10.4. The molecular weight excluding hydrogens is 361 g/mol. The molecule has 152 valence electrons. The summed E-state index contributed by atoms with van der Waals surface area (Å²) in [6.07, 6.45) is 9.41. The van der Waals surface area contributed by atoms with Crippen LogP contribution in [0.5, 0.6) is 5.75 Å². The van der Waals surface area contributed by atoms with E-state index in [-0.39, 0.29) is 11.5 Å². The number of rotatable bonds is 8. The van der Waals surface area contributed by atoms with Crippen LogP contribution in [0.1, 0.15) is 69.8 Å². The average molecular weight is 390 g/mol. The quantitative estimate of drug-likeness (QED) is 0.418. The van der Waals surface area contributed by atoms with Crippen LogP contribution in [0.4, 0.5) is 13.2 Å². The lowest BCUT2D eigenvalue weighted by Crippen LogP contribution is -2.14. The maximum absolute atomic E-state index is 14.8. The van der Waals surface area contributed by atoms with Crippen LogP contribution in [0.3, 0.4) is 0 Å². The molecule has 1 fully saturated rings. The van der Waals surface area contributed by atoms with Gasteiger partial charge >= 0.3 is 0 Å². The Hall–Kier alpha value is -1.97. The topological polar surface area (TPSA) is 9.23 Å². The summed E-state index contributed by atoms with van der Waals surface area (Å²) in [5.41, 5.74) is 1.15. The van der Waals surface area contributed by atoms with Crippen molar-refractivity contribution in [3.63, 3.8) is 0 Å². The van der Waals surface area contributed by atoms with Crippen molar-refractivity contribution in [2.75, 3.05) is 6.86 Å². The standard InChI is InChI=1S/C24H29F3O/c1-2-3-4-5-17-6-8-18(9-7-17)20-14-22(26)24(23(27)15-20)19-10-12-21(13-11-19)28-16-25/h10-15,17-18H,2-9,16H2,1H3. The molecule has 0 spiro atoms. The molecule has 1 nitrogen and oxygen atoms in total. The van der Waals surface area contributed by atoms with E-state index < -0.39 is 18.5 Å². The average Bonchev–Trinajstić information content (AvgIpc) is 2.70. The molecular formula is C24H29F3O. The van der Waals surface area contributed by atoms with Crippen molar-refractivity contribution >= 4 is 0 Å². The Balaban J connectivity index is 1.68. The highest BCUT2D eigenvalue weighted by atomic mass is 19.1. The van der Waals surface area contributed by atoms with Gasteiger partial charge in [0.2, 0.25) is 6.86 Å². The highest BCUT2D eigenvalue weighted by molar-refractivity contribution is 5.66. The van der Waals surface area contributed by atoms with E-state index in [9.17, 15) is 13.2 Å². The van der Waals surface area contributed by atoms with Gasteiger partial charge in [0.05, 0.1) is 5.56 Å². The second-order valence-corrected chi connectivity index (χ2v) is 7.85. The summed E-state index contributed by atoms with van der Waals surface area (Å²) in [5, 5.41) is 0. The molecule has 0 amide bonds. The number of hydrogen-bond donors (Lipinski definition) is 0. The molecule has 0 N–H and O–H groups in total. The summed E-state index contributed by atoms with van der Waals surface area (Å²) in [6, 6.07) is 9.11. The van der Waals surface area contributed by atoms with Crippen LogP contribution in [-0.2, 0) is 0 Å². The van der Waals surface area contributed by atoms with Gasteiger partial charge in [-0.25, -0.2) is 13.2 Å². The lowest BCUT2D eigenvalue weighted by Gasteiger charge is -2.29. The SMILES string of the molecule is CCCCCC1CCC(c2cc(F)c(-c3ccc(OCF)cc3)c(F)c2)CC1. The predicted octanol–water partition coefficient (Wildman–Crippen LogP) is 7.79. The zero-order chi connectivity index (χ0) is 19.9. The Morgan fingerprint density at radius 1 is 0.929 bits per heavy atom. The van der Waals surface area contributed by atoms with E-state index in [1.165, 1.54) is 49.9 Å². The minimum atomic E-state index is -0.933. The first kappa shape index (κ1) is 20.8. The normalized spacial score (nSPS) is 19.6. The Morgan fingerprint density at radius 3 is 2.14 bits per heavy atom. The number of unbranched alkanes of at least 4 members (excludes halogenated alkanes) is 2. The molecule has 1 aliphatic rings. The fourth-order valence-electron chi connectivity index (χ4n) is 4.35. The summed E-state index contributed by atoms with van der Waals surface area (Å²) in [7, 11) is 0. The summed E-state index contributed by atoms with van der Waals surface area (Å²) < 4.78 is 46.5. The van der Waals surface area contributed by atoms with Crippen LogP contribution in [0.15, 0.2) is 36.4 Å². The maximum Gasteiger partial charge on any atom is 0.228 e. The van der Waals surface area contributed by atoms with Gasteiger partial charge in [-0.1, -0.05) is 44.7 Å². The number of hydrogen-bond acceptors (Lipinski definition) is 1. The number of alkyl halides is 1. The van der Waals surface area contributed by atoms with Crippen molar-refractivity contribution in [3.8, 4) is 16.9 Å². The van der Waals surface area contributed by atoms with Crippen LogP contribution >= 0.6 is 0 Å². The number of benzene rings is 2. The molecule has 0 unspecified atom stereocenters. The predicted molar refractivity (Wildman–Crippen MR) is 107 cm³/mol. The van der Waals surface area contributed by atoms with Gasteiger partial charge < -0.3 is 4.74 Å². The van der Waals surface area contributed by atoms with E-state index in [0.717, 1.165) is 37.2 Å². The lowest BCUT2D eigenvalue weighted by molar-refractivity contribution is 0.192. The van der Waals surface area contributed by atoms with E-state index in [2.05, 4.69) is 6.92 Å². The van der Waals surface area contributed by atoms with Gasteiger partial charge in [0.1, 0.15) is 17.4 Å². The molecule has 3 rings (SSSR count). The molecule has 0 saturated heterocycles. The molecule has 4 heteroatoms. The fourth-order valence-corrected chi connectivity index (χ4v) is 4.35. The van der Waals surface area contributed by atoms with Gasteiger partial charge in [0.25, 0.3) is 0 Å². The molecule has 0 heterocycles. The number of halogens is 3. The summed E-state index contributed by atoms with van der Waals surface area (Å²) >= 11 is 0. The van der Waals surface area contributed by atoms with Crippen molar-refractivity contribution in [2.24, 2.45) is 5.92 Å². The molecule has 1 aliphatic carbocycles. The van der Waals surface area contributed by atoms with Gasteiger partial charge in [-0.05, 0) is 72.9 Å². The summed E-state index contributed by atoms with van der Waals surface area (Å²) in [4.78, 5) is 0. The van der Waals surface area contributed by atoms with Crippen molar-refractivity contribution in [3.05, 3.63) is 53.6 Å². The minimum absolute atomic E-state index is 0.0381. The highest BCUT2D eigenvalue weighted by Gasteiger charge is 2.24. The summed E-state index contributed by atoms with van der Waals surface area (Å²) in [5.74, 6) is 0.250. The Labute approximate surface area is 165 Å². The van der Waals surface area contributed by atoms with Crippen LogP contribution in [0.2, 0.25) is 0 Å². The smallest absolute Gasteiger partial charge is 0.228 e. The molecule has 0 atom stereocenters. The van der Waals surface area contributed by atoms with Crippen molar-refractivity contribution in [1.82, 2.24) is 0 Å². The molecule has 0 aromatic heterocycles. The van der Waals surface area contributed by atoms with Gasteiger partial charge in [0, 0.05) is 0 Å². The molecule has 0 bridgehead atoms. The Kier molecular flexibility index (Phi) is 7.41. The second kappa shape index (κ2) is 9.99. The first-order chi connectivity index (χ1) is 13.6. The van der Waals surface area contributed by atoms with Gasteiger partial charge in [0.15, 0.2) is 0 Å². The van der Waals surface area contributed by atoms with Gasteiger partial charge in [-0.15, -0.1) is 0 Å². The van der Waals surface area contributed by atoms with Crippen molar-refractivity contribution in [1.29, 1.82) is 0 Å². The van der Waals surface area contributed by atoms with E-state index >= 15 is 0 Å². The third-order valence-electron chi connectivity index (χ3n) is 5.96. The molecule has 0 aliphatic heterocycles. The van der Waals surface area contributed by atoms with Crippen LogP contribution in [-0.4, -0.2) is 6.86 Å². The third-order valence-corrected chi connectivity index (χ3v) is 5.96. The molecule has 1 saturated carbocycles. The zero-order valence-corrected chi connectivity index (χ0v) is 16.5. The van der Waals surface area contributed by atoms with Crippen molar-refractivity contribution in [2.45, 2.75) is 64.2 Å².